The monoisotopic (exact) mass is 310 g/mol. The van der Waals surface area contributed by atoms with E-state index in [1.807, 2.05) is 18.3 Å². The van der Waals surface area contributed by atoms with E-state index in [0.29, 0.717) is 17.7 Å². The summed E-state index contributed by atoms with van der Waals surface area (Å²) >= 11 is 0. The molecule has 3 unspecified atom stereocenters. The Morgan fingerprint density at radius 3 is 3.13 bits per heavy atom. The van der Waals surface area contributed by atoms with Gasteiger partial charge in [0.15, 0.2) is 0 Å². The van der Waals surface area contributed by atoms with Gasteiger partial charge in [0.05, 0.1) is 5.52 Å². The van der Waals surface area contributed by atoms with Gasteiger partial charge in [-0.1, -0.05) is 13.0 Å². The van der Waals surface area contributed by atoms with Crippen molar-refractivity contribution in [2.75, 3.05) is 6.54 Å². The predicted molar refractivity (Wildman–Crippen MR) is 95.6 cm³/mol. The van der Waals surface area contributed by atoms with Crippen molar-refractivity contribution in [1.29, 1.82) is 0 Å². The Hall–Kier alpha value is -1.87. The molecule has 3 heteroatoms. The van der Waals surface area contributed by atoms with Gasteiger partial charge in [-0.3, -0.25) is 4.98 Å². The first-order chi connectivity index (χ1) is 11.2. The SMILES string of the molecule is C=CC(C)CC1CCNC(Cc2ccnc3ccc(O)cc23)C1. The number of pyridine rings is 1. The van der Waals surface area contributed by atoms with E-state index in [-0.39, 0.29) is 0 Å². The second-order valence-electron chi connectivity index (χ2n) is 6.87. The Morgan fingerprint density at radius 2 is 2.30 bits per heavy atom. The van der Waals surface area contributed by atoms with Gasteiger partial charge < -0.3 is 10.4 Å². The maximum absolute atomic E-state index is 9.78. The minimum absolute atomic E-state index is 0.307. The molecule has 0 bridgehead atoms. The molecule has 3 nitrogen and oxygen atoms in total. The topological polar surface area (TPSA) is 45.2 Å². The van der Waals surface area contributed by atoms with Crippen molar-refractivity contribution in [1.82, 2.24) is 10.3 Å². The number of nitrogens with one attached hydrogen (secondary N) is 1. The van der Waals surface area contributed by atoms with Crippen LogP contribution in [0.4, 0.5) is 0 Å². The molecule has 1 aliphatic heterocycles. The molecule has 23 heavy (non-hydrogen) atoms. The smallest absolute Gasteiger partial charge is 0.116 e. The summed E-state index contributed by atoms with van der Waals surface area (Å²) in [5.74, 6) is 1.68. The fourth-order valence-electron chi connectivity index (χ4n) is 3.72. The summed E-state index contributed by atoms with van der Waals surface area (Å²) in [7, 11) is 0. The van der Waals surface area contributed by atoms with E-state index in [1.54, 1.807) is 6.07 Å². The minimum atomic E-state index is 0.307. The third-order valence-corrected chi connectivity index (χ3v) is 4.99. The number of phenols is 1. The standard InChI is InChI=1S/C20H26N2O/c1-3-14(2)10-15-6-8-21-17(11-15)12-16-7-9-22-20-5-4-18(23)13-19(16)20/h3-5,7,9,13-15,17,21,23H,1,6,8,10-12H2,2H3. The summed E-state index contributed by atoms with van der Waals surface area (Å²) in [5, 5.41) is 14.5. The minimum Gasteiger partial charge on any atom is -0.508 e. The van der Waals surface area contributed by atoms with Crippen molar-refractivity contribution in [2.24, 2.45) is 11.8 Å². The molecule has 122 valence electrons. The summed E-state index contributed by atoms with van der Waals surface area (Å²) in [5.41, 5.74) is 2.22. The van der Waals surface area contributed by atoms with Gasteiger partial charge in [-0.05, 0) is 73.9 Å². The van der Waals surface area contributed by atoms with Crippen LogP contribution in [0.3, 0.4) is 0 Å². The fraction of sp³-hybridized carbons (Fsp3) is 0.450. The number of allylic oxidation sites excluding steroid dienone is 1. The van der Waals surface area contributed by atoms with Crippen molar-refractivity contribution in [3.05, 3.63) is 48.7 Å². The Morgan fingerprint density at radius 1 is 1.43 bits per heavy atom. The number of hydrogen-bond donors (Lipinski definition) is 2. The highest BCUT2D eigenvalue weighted by molar-refractivity contribution is 5.83. The van der Waals surface area contributed by atoms with E-state index >= 15 is 0 Å². The van der Waals surface area contributed by atoms with Crippen molar-refractivity contribution in [3.63, 3.8) is 0 Å². The molecule has 2 heterocycles. The molecule has 2 aromatic rings. The van der Waals surface area contributed by atoms with Crippen molar-refractivity contribution >= 4 is 10.9 Å². The Kier molecular flexibility index (Phi) is 4.97. The molecule has 1 saturated heterocycles. The van der Waals surface area contributed by atoms with Crippen molar-refractivity contribution < 1.29 is 5.11 Å². The number of nitrogens with zero attached hydrogens (tertiary/aromatic N) is 1. The quantitative estimate of drug-likeness (QED) is 0.819. The van der Waals surface area contributed by atoms with Crippen LogP contribution < -0.4 is 5.32 Å². The van der Waals surface area contributed by atoms with Gasteiger partial charge in [-0.25, -0.2) is 0 Å². The average molecular weight is 310 g/mol. The van der Waals surface area contributed by atoms with Gasteiger partial charge in [-0.15, -0.1) is 6.58 Å². The third kappa shape index (κ3) is 3.91. The number of rotatable bonds is 5. The van der Waals surface area contributed by atoms with Gasteiger partial charge in [0.1, 0.15) is 5.75 Å². The normalized spacial score (nSPS) is 22.8. The van der Waals surface area contributed by atoms with Crippen LogP contribution in [0.1, 0.15) is 31.7 Å². The highest BCUT2D eigenvalue weighted by Crippen LogP contribution is 2.28. The first-order valence-electron chi connectivity index (χ1n) is 8.58. The molecule has 1 aromatic heterocycles. The van der Waals surface area contributed by atoms with Crippen LogP contribution in [0.2, 0.25) is 0 Å². The zero-order chi connectivity index (χ0) is 16.2. The van der Waals surface area contributed by atoms with Gasteiger partial charge in [0.2, 0.25) is 0 Å². The number of aromatic hydroxyl groups is 1. The zero-order valence-electron chi connectivity index (χ0n) is 13.8. The molecular weight excluding hydrogens is 284 g/mol. The highest BCUT2D eigenvalue weighted by Gasteiger charge is 2.23. The van der Waals surface area contributed by atoms with Gasteiger partial charge in [-0.2, -0.15) is 0 Å². The molecule has 3 rings (SSSR count). The number of benzene rings is 1. The predicted octanol–water partition coefficient (Wildman–Crippen LogP) is 4.06. The van der Waals surface area contributed by atoms with Crippen LogP contribution in [0, 0.1) is 11.8 Å². The molecule has 0 amide bonds. The second-order valence-corrected chi connectivity index (χ2v) is 6.87. The van der Waals surface area contributed by atoms with Crippen molar-refractivity contribution in [3.8, 4) is 5.75 Å². The molecule has 0 radical (unpaired) electrons. The molecule has 0 aliphatic carbocycles. The maximum atomic E-state index is 9.78. The van der Waals surface area contributed by atoms with Crippen molar-refractivity contribution in [2.45, 2.75) is 38.6 Å². The third-order valence-electron chi connectivity index (χ3n) is 4.99. The number of fused-ring (bicyclic) bond motifs is 1. The van der Waals surface area contributed by atoms with Crippen LogP contribution in [-0.2, 0) is 6.42 Å². The molecule has 1 aliphatic rings. The Labute approximate surface area is 138 Å². The maximum Gasteiger partial charge on any atom is 0.116 e. The first-order valence-corrected chi connectivity index (χ1v) is 8.58. The lowest BCUT2D eigenvalue weighted by atomic mass is 9.83. The van der Waals surface area contributed by atoms with Gasteiger partial charge in [0.25, 0.3) is 0 Å². The first kappa shape index (κ1) is 16.0. The second kappa shape index (κ2) is 7.14. The fourth-order valence-corrected chi connectivity index (χ4v) is 3.72. The molecule has 0 saturated carbocycles. The van der Waals surface area contributed by atoms with Crippen LogP contribution in [0.15, 0.2) is 43.1 Å². The largest absolute Gasteiger partial charge is 0.508 e. The summed E-state index contributed by atoms with van der Waals surface area (Å²) in [6, 6.07) is 8.00. The lowest BCUT2D eigenvalue weighted by molar-refractivity contribution is 0.271. The molecule has 2 N–H and O–H groups in total. The summed E-state index contributed by atoms with van der Waals surface area (Å²) in [4.78, 5) is 4.40. The van der Waals surface area contributed by atoms with Gasteiger partial charge in [0, 0.05) is 17.6 Å². The summed E-state index contributed by atoms with van der Waals surface area (Å²) in [6.07, 6.45) is 8.62. The molecular formula is C20H26N2O. The lowest BCUT2D eigenvalue weighted by Gasteiger charge is -2.31. The van der Waals surface area contributed by atoms with Crippen LogP contribution in [0.25, 0.3) is 10.9 Å². The van der Waals surface area contributed by atoms with E-state index < -0.39 is 0 Å². The summed E-state index contributed by atoms with van der Waals surface area (Å²) < 4.78 is 0. The Balaban J connectivity index is 1.74. The highest BCUT2D eigenvalue weighted by atomic mass is 16.3. The van der Waals surface area contributed by atoms with Crippen LogP contribution in [0.5, 0.6) is 5.75 Å². The van der Waals surface area contributed by atoms with E-state index in [4.69, 9.17) is 0 Å². The number of phenolic OH excluding ortho intramolecular Hbond substituents is 1. The molecule has 0 spiro atoms. The molecule has 1 fully saturated rings. The lowest BCUT2D eigenvalue weighted by Crippen LogP contribution is -2.39. The van der Waals surface area contributed by atoms with E-state index in [2.05, 4.69) is 35.9 Å². The molecule has 3 atom stereocenters. The number of aromatic nitrogens is 1. The zero-order valence-corrected chi connectivity index (χ0v) is 13.8. The van der Waals surface area contributed by atoms with E-state index in [0.717, 1.165) is 29.8 Å². The Bertz CT molecular complexity index is 682. The van der Waals surface area contributed by atoms with E-state index in [1.165, 1.54) is 24.8 Å². The van der Waals surface area contributed by atoms with Crippen LogP contribution in [-0.4, -0.2) is 22.7 Å². The molecule has 1 aromatic carbocycles. The van der Waals surface area contributed by atoms with E-state index in [9.17, 15) is 5.11 Å². The summed E-state index contributed by atoms with van der Waals surface area (Å²) in [6.45, 7) is 7.25. The number of piperidine rings is 1. The average Bonchev–Trinajstić information content (AvgIpc) is 2.55. The number of hydrogen-bond acceptors (Lipinski definition) is 3. The van der Waals surface area contributed by atoms with Gasteiger partial charge >= 0.3 is 0 Å². The van der Waals surface area contributed by atoms with Crippen LogP contribution >= 0.6 is 0 Å².